The zero-order valence-electron chi connectivity index (χ0n) is 8.52. The normalized spacial score (nSPS) is 12.5. The van der Waals surface area contributed by atoms with Crippen molar-refractivity contribution in [2.24, 2.45) is 7.05 Å². The fourth-order valence-corrected chi connectivity index (χ4v) is 0.972. The summed E-state index contributed by atoms with van der Waals surface area (Å²) < 4.78 is 6.36. The monoisotopic (exact) mass is 198 g/mol. The highest BCUT2D eigenvalue weighted by molar-refractivity contribution is 5.74. The number of esters is 1. The molecule has 6 heteroatoms. The number of hydrogen-bond donors (Lipinski definition) is 1. The zero-order chi connectivity index (χ0) is 10.6. The highest BCUT2D eigenvalue weighted by Crippen LogP contribution is 1.93. The van der Waals surface area contributed by atoms with Gasteiger partial charge in [-0.3, -0.25) is 10.1 Å². The Balaban J connectivity index is 2.41. The molecule has 0 aliphatic heterocycles. The van der Waals surface area contributed by atoms with E-state index in [0.29, 0.717) is 6.54 Å². The molecule has 78 valence electrons. The number of rotatable bonds is 4. The molecule has 6 nitrogen and oxygen atoms in total. The minimum atomic E-state index is -0.336. The van der Waals surface area contributed by atoms with E-state index in [4.69, 9.17) is 0 Å². The second-order valence-corrected chi connectivity index (χ2v) is 2.98. The lowest BCUT2D eigenvalue weighted by Gasteiger charge is -2.10. The molecule has 1 unspecified atom stereocenters. The Hall–Kier alpha value is -1.43. The van der Waals surface area contributed by atoms with E-state index < -0.39 is 0 Å². The summed E-state index contributed by atoms with van der Waals surface area (Å²) in [6, 6.07) is -0.336. The van der Waals surface area contributed by atoms with Gasteiger partial charge in [-0.2, -0.15) is 0 Å². The number of nitrogens with zero attached hydrogens (tertiary/aromatic N) is 3. The van der Waals surface area contributed by atoms with Gasteiger partial charge in [-0.1, -0.05) is 0 Å². The Bertz CT molecular complexity index is 310. The van der Waals surface area contributed by atoms with E-state index >= 15 is 0 Å². The van der Waals surface area contributed by atoms with Crippen LogP contribution >= 0.6 is 0 Å². The topological polar surface area (TPSA) is 69.0 Å². The minimum Gasteiger partial charge on any atom is -0.468 e. The maximum Gasteiger partial charge on any atom is 0.322 e. The lowest BCUT2D eigenvalue weighted by molar-refractivity contribution is -0.142. The molecular formula is C8H14N4O2. The Morgan fingerprint density at radius 1 is 1.79 bits per heavy atom. The summed E-state index contributed by atoms with van der Waals surface area (Å²) in [6.07, 6.45) is 1.61. The molecule has 0 aliphatic rings. The van der Waals surface area contributed by atoms with Crippen molar-refractivity contribution in [3.05, 3.63) is 12.2 Å². The van der Waals surface area contributed by atoms with Gasteiger partial charge >= 0.3 is 5.97 Å². The smallest absolute Gasteiger partial charge is 0.322 e. The molecule has 0 aromatic carbocycles. The van der Waals surface area contributed by atoms with Crippen LogP contribution < -0.4 is 5.32 Å². The van der Waals surface area contributed by atoms with Crippen LogP contribution in [0.1, 0.15) is 12.7 Å². The van der Waals surface area contributed by atoms with Gasteiger partial charge in [-0.25, -0.2) is 0 Å². The predicted octanol–water partition coefficient (Wildman–Crippen LogP) is -0.534. The second kappa shape index (κ2) is 4.71. The molecular weight excluding hydrogens is 184 g/mol. The van der Waals surface area contributed by atoms with Crippen LogP contribution in [0.5, 0.6) is 0 Å². The molecule has 0 fully saturated rings. The van der Waals surface area contributed by atoms with Crippen LogP contribution in [0, 0.1) is 0 Å². The number of hydrogen-bond acceptors (Lipinski definition) is 5. The Labute approximate surface area is 82.3 Å². The molecule has 0 spiro atoms. The van der Waals surface area contributed by atoms with E-state index in [1.54, 1.807) is 17.8 Å². The van der Waals surface area contributed by atoms with Gasteiger partial charge in [-0.05, 0) is 6.92 Å². The Morgan fingerprint density at radius 2 is 2.50 bits per heavy atom. The molecule has 1 aromatic rings. The van der Waals surface area contributed by atoms with Crippen molar-refractivity contribution in [3.8, 4) is 0 Å². The van der Waals surface area contributed by atoms with Gasteiger partial charge in [0, 0.05) is 7.05 Å². The van der Waals surface area contributed by atoms with Crippen molar-refractivity contribution in [1.82, 2.24) is 20.1 Å². The third kappa shape index (κ3) is 2.53. The van der Waals surface area contributed by atoms with Gasteiger partial charge in [0.1, 0.15) is 18.2 Å². The Kier molecular flexibility index (Phi) is 3.58. The van der Waals surface area contributed by atoms with Gasteiger partial charge in [0.2, 0.25) is 0 Å². The summed E-state index contributed by atoms with van der Waals surface area (Å²) in [5.41, 5.74) is 0. The number of ether oxygens (including phenoxy) is 1. The highest BCUT2D eigenvalue weighted by atomic mass is 16.5. The summed E-state index contributed by atoms with van der Waals surface area (Å²) >= 11 is 0. The van der Waals surface area contributed by atoms with Gasteiger partial charge in [0.15, 0.2) is 0 Å². The molecule has 0 bridgehead atoms. The molecule has 0 saturated carbocycles. The highest BCUT2D eigenvalue weighted by Gasteiger charge is 2.12. The maximum atomic E-state index is 11.0. The first-order valence-electron chi connectivity index (χ1n) is 4.29. The average Bonchev–Trinajstić information content (AvgIpc) is 2.59. The number of methoxy groups -OCH3 is 1. The molecule has 1 aromatic heterocycles. The van der Waals surface area contributed by atoms with Crippen LogP contribution in [-0.4, -0.2) is 33.9 Å². The molecule has 0 radical (unpaired) electrons. The van der Waals surface area contributed by atoms with E-state index in [9.17, 15) is 4.79 Å². The van der Waals surface area contributed by atoms with Gasteiger partial charge < -0.3 is 9.30 Å². The van der Waals surface area contributed by atoms with Crippen LogP contribution in [0.15, 0.2) is 6.33 Å². The van der Waals surface area contributed by atoms with E-state index in [0.717, 1.165) is 5.82 Å². The van der Waals surface area contributed by atoms with Crippen molar-refractivity contribution in [2.75, 3.05) is 7.11 Å². The van der Waals surface area contributed by atoms with Crippen LogP contribution in [0.25, 0.3) is 0 Å². The molecule has 1 N–H and O–H groups in total. The van der Waals surface area contributed by atoms with Crippen molar-refractivity contribution in [3.63, 3.8) is 0 Å². The fourth-order valence-electron chi connectivity index (χ4n) is 0.972. The third-order valence-electron chi connectivity index (χ3n) is 1.93. The molecule has 1 atom stereocenters. The first-order valence-corrected chi connectivity index (χ1v) is 4.29. The van der Waals surface area contributed by atoms with Crippen molar-refractivity contribution in [2.45, 2.75) is 19.5 Å². The maximum absolute atomic E-state index is 11.0. The Morgan fingerprint density at radius 3 is 3.00 bits per heavy atom. The lowest BCUT2D eigenvalue weighted by Crippen LogP contribution is -2.34. The molecule has 0 amide bonds. The summed E-state index contributed by atoms with van der Waals surface area (Å²) in [5.74, 6) is 0.493. The summed E-state index contributed by atoms with van der Waals surface area (Å²) in [4.78, 5) is 11.0. The predicted molar refractivity (Wildman–Crippen MR) is 49.3 cm³/mol. The van der Waals surface area contributed by atoms with Crippen molar-refractivity contribution < 1.29 is 9.53 Å². The summed E-state index contributed by atoms with van der Waals surface area (Å²) in [6.45, 7) is 2.23. The molecule has 0 saturated heterocycles. The van der Waals surface area contributed by atoms with Gasteiger partial charge in [-0.15, -0.1) is 10.2 Å². The van der Waals surface area contributed by atoms with E-state index in [1.165, 1.54) is 7.11 Å². The standard InChI is InChI=1S/C8H14N4O2/c1-6(8(13)14-3)9-4-7-11-10-5-12(7)2/h5-6,9H,4H2,1-3H3. The first kappa shape index (κ1) is 10.6. The third-order valence-corrected chi connectivity index (χ3v) is 1.93. The number of carbonyl (C=O) groups is 1. The molecule has 0 aliphatic carbocycles. The first-order chi connectivity index (χ1) is 6.65. The number of aryl methyl sites for hydroxylation is 1. The quantitative estimate of drug-likeness (QED) is 0.658. The van der Waals surface area contributed by atoms with E-state index in [1.807, 2.05) is 7.05 Å². The van der Waals surface area contributed by atoms with Crippen LogP contribution in [0.2, 0.25) is 0 Å². The fraction of sp³-hybridized carbons (Fsp3) is 0.625. The van der Waals surface area contributed by atoms with E-state index in [-0.39, 0.29) is 12.0 Å². The largest absolute Gasteiger partial charge is 0.468 e. The average molecular weight is 198 g/mol. The SMILES string of the molecule is COC(=O)C(C)NCc1nncn1C. The van der Waals surface area contributed by atoms with E-state index in [2.05, 4.69) is 20.3 Å². The van der Waals surface area contributed by atoms with Crippen LogP contribution in [0.3, 0.4) is 0 Å². The summed E-state index contributed by atoms with van der Waals surface area (Å²) in [5, 5.41) is 10.6. The molecule has 14 heavy (non-hydrogen) atoms. The number of nitrogens with one attached hydrogen (secondary N) is 1. The van der Waals surface area contributed by atoms with Gasteiger partial charge in [0.25, 0.3) is 0 Å². The van der Waals surface area contributed by atoms with Crippen LogP contribution in [0.4, 0.5) is 0 Å². The molecule has 1 heterocycles. The summed E-state index contributed by atoms with van der Waals surface area (Å²) in [7, 11) is 3.21. The van der Waals surface area contributed by atoms with Gasteiger partial charge in [0.05, 0.1) is 13.7 Å². The van der Waals surface area contributed by atoms with Crippen molar-refractivity contribution >= 4 is 5.97 Å². The number of aromatic nitrogens is 3. The molecule has 1 rings (SSSR count). The number of carbonyl (C=O) groups excluding carboxylic acids is 1. The zero-order valence-corrected chi connectivity index (χ0v) is 8.52. The lowest BCUT2D eigenvalue weighted by atomic mass is 10.3. The second-order valence-electron chi connectivity index (χ2n) is 2.98. The minimum absolute atomic E-state index is 0.285. The van der Waals surface area contributed by atoms with Crippen LogP contribution in [-0.2, 0) is 23.1 Å². The van der Waals surface area contributed by atoms with Crippen molar-refractivity contribution in [1.29, 1.82) is 0 Å².